The first-order valence-corrected chi connectivity index (χ1v) is 9.35. The maximum atomic E-state index is 12.8. The van der Waals surface area contributed by atoms with Crippen LogP contribution in [0.2, 0.25) is 0 Å². The Bertz CT molecular complexity index is 591. The minimum Gasteiger partial charge on any atom is -0.461 e. The van der Waals surface area contributed by atoms with Crippen molar-refractivity contribution >= 4 is 5.97 Å². The van der Waals surface area contributed by atoms with Crippen LogP contribution in [-0.4, -0.2) is 12.1 Å². The Kier molecular flexibility index (Phi) is 2.29. The third-order valence-corrected chi connectivity index (χ3v) is 8.06. The van der Waals surface area contributed by atoms with Gasteiger partial charge in [0, 0.05) is 5.92 Å². The molecule has 0 aromatic carbocycles. The summed E-state index contributed by atoms with van der Waals surface area (Å²) in [7, 11) is 0. The molecule has 0 heterocycles. The number of hydrogen-bond donors (Lipinski definition) is 0. The molecule has 4 saturated carbocycles. The molecule has 0 aromatic heterocycles. The minimum absolute atomic E-state index is 0.156. The fourth-order valence-corrected chi connectivity index (χ4v) is 7.39. The van der Waals surface area contributed by atoms with Gasteiger partial charge in [0.1, 0.15) is 6.10 Å². The lowest BCUT2D eigenvalue weighted by molar-refractivity contribution is -0.158. The molecule has 0 spiro atoms. The van der Waals surface area contributed by atoms with Crippen molar-refractivity contribution in [2.24, 2.45) is 53.3 Å². The zero-order chi connectivity index (χ0) is 14.4. The highest BCUT2D eigenvalue weighted by atomic mass is 16.5. The molecule has 0 N–H and O–H groups in total. The van der Waals surface area contributed by atoms with E-state index in [1.807, 2.05) is 0 Å². The Labute approximate surface area is 132 Å². The molecule has 0 amide bonds. The molecular weight excluding hydrogens is 272 g/mol. The third-order valence-electron chi connectivity index (χ3n) is 8.06. The molecule has 2 heteroatoms. The van der Waals surface area contributed by atoms with Crippen molar-refractivity contribution in [3.8, 4) is 0 Å². The van der Waals surface area contributed by atoms with E-state index in [-0.39, 0.29) is 18.0 Å². The van der Waals surface area contributed by atoms with E-state index in [1.165, 1.54) is 19.3 Å². The summed E-state index contributed by atoms with van der Waals surface area (Å²) in [4.78, 5) is 12.8. The summed E-state index contributed by atoms with van der Waals surface area (Å²) in [6, 6.07) is 0. The quantitative estimate of drug-likeness (QED) is 0.442. The van der Waals surface area contributed by atoms with Crippen LogP contribution in [-0.2, 0) is 9.53 Å². The van der Waals surface area contributed by atoms with Crippen molar-refractivity contribution < 1.29 is 9.53 Å². The summed E-state index contributed by atoms with van der Waals surface area (Å²) < 4.78 is 6.00. The molecule has 10 unspecified atom stereocenters. The molecule has 4 fully saturated rings. The molecular formula is C20H24O2. The Balaban J connectivity index is 1.20. The standard InChI is InChI=1S/C20H24O2/c21-20(22-17-6-10-1-2-11(17)5-10)16-9-14-8-15(16)19-13-4-3-12(7-13)18(14)19/h1-4,10-19H,5-9H2. The molecule has 10 atom stereocenters. The van der Waals surface area contributed by atoms with Crippen molar-refractivity contribution in [2.45, 2.75) is 38.2 Å². The maximum Gasteiger partial charge on any atom is 0.309 e. The average Bonchev–Trinajstić information content (AvgIpc) is 3.31. The van der Waals surface area contributed by atoms with Crippen LogP contribution in [0.15, 0.2) is 24.3 Å². The van der Waals surface area contributed by atoms with E-state index in [2.05, 4.69) is 24.3 Å². The first-order valence-electron chi connectivity index (χ1n) is 9.35. The Morgan fingerprint density at radius 2 is 1.64 bits per heavy atom. The van der Waals surface area contributed by atoms with Crippen LogP contribution in [0.1, 0.15) is 32.1 Å². The minimum atomic E-state index is 0.156. The molecule has 0 aromatic rings. The van der Waals surface area contributed by atoms with Gasteiger partial charge in [-0.15, -0.1) is 0 Å². The van der Waals surface area contributed by atoms with E-state index in [0.29, 0.717) is 17.8 Å². The second-order valence-electron chi connectivity index (χ2n) is 8.86. The molecule has 6 rings (SSSR count). The van der Waals surface area contributed by atoms with Crippen molar-refractivity contribution in [1.82, 2.24) is 0 Å². The van der Waals surface area contributed by atoms with E-state index >= 15 is 0 Å². The van der Waals surface area contributed by atoms with Gasteiger partial charge in [-0.25, -0.2) is 0 Å². The summed E-state index contributed by atoms with van der Waals surface area (Å²) in [5.41, 5.74) is 0. The van der Waals surface area contributed by atoms with Gasteiger partial charge < -0.3 is 4.74 Å². The van der Waals surface area contributed by atoms with Crippen LogP contribution >= 0.6 is 0 Å². The molecule has 0 radical (unpaired) electrons. The zero-order valence-electron chi connectivity index (χ0n) is 12.9. The smallest absolute Gasteiger partial charge is 0.309 e. The van der Waals surface area contributed by atoms with Gasteiger partial charge in [0.05, 0.1) is 5.92 Å². The van der Waals surface area contributed by atoms with Gasteiger partial charge in [0.15, 0.2) is 0 Å². The monoisotopic (exact) mass is 296 g/mol. The van der Waals surface area contributed by atoms with Crippen molar-refractivity contribution in [3.63, 3.8) is 0 Å². The number of carbonyl (C=O) groups is 1. The molecule has 0 saturated heterocycles. The third kappa shape index (κ3) is 1.45. The Hall–Kier alpha value is -1.05. The van der Waals surface area contributed by atoms with Crippen LogP contribution in [0.3, 0.4) is 0 Å². The topological polar surface area (TPSA) is 26.3 Å². The number of ether oxygens (including phenoxy) is 1. The summed E-state index contributed by atoms with van der Waals surface area (Å²) >= 11 is 0. The Morgan fingerprint density at radius 1 is 0.818 bits per heavy atom. The van der Waals surface area contributed by atoms with Gasteiger partial charge in [-0.3, -0.25) is 4.79 Å². The molecule has 6 aliphatic rings. The van der Waals surface area contributed by atoms with E-state index in [0.717, 1.165) is 42.4 Å². The van der Waals surface area contributed by atoms with Gasteiger partial charge in [0.2, 0.25) is 0 Å². The molecule has 116 valence electrons. The highest BCUT2D eigenvalue weighted by molar-refractivity contribution is 5.74. The summed E-state index contributed by atoms with van der Waals surface area (Å²) in [6.45, 7) is 0. The van der Waals surface area contributed by atoms with Crippen LogP contribution in [0, 0.1) is 53.3 Å². The normalized spacial score (nSPS) is 58.7. The van der Waals surface area contributed by atoms with Crippen LogP contribution in [0.5, 0.6) is 0 Å². The van der Waals surface area contributed by atoms with E-state index < -0.39 is 0 Å². The lowest BCUT2D eigenvalue weighted by Gasteiger charge is -2.36. The average molecular weight is 296 g/mol. The number of carbonyl (C=O) groups excluding carboxylic acids is 1. The number of hydrogen-bond acceptors (Lipinski definition) is 2. The Morgan fingerprint density at radius 3 is 2.41 bits per heavy atom. The van der Waals surface area contributed by atoms with E-state index in [4.69, 9.17) is 4.74 Å². The summed E-state index contributed by atoms with van der Waals surface area (Å²) in [5, 5.41) is 0. The highest BCUT2D eigenvalue weighted by Crippen LogP contribution is 2.67. The maximum absolute atomic E-state index is 12.8. The number of fused-ring (bicyclic) bond motifs is 11. The predicted molar refractivity (Wildman–Crippen MR) is 82.7 cm³/mol. The molecule has 22 heavy (non-hydrogen) atoms. The molecule has 6 bridgehead atoms. The predicted octanol–water partition coefficient (Wildman–Crippen LogP) is 3.59. The SMILES string of the molecule is O=C(OC1CC2C=CC1C2)C1CC2CC1C1C3C=CC(C3)C21. The van der Waals surface area contributed by atoms with Crippen LogP contribution < -0.4 is 0 Å². The van der Waals surface area contributed by atoms with Gasteiger partial charge >= 0.3 is 5.97 Å². The van der Waals surface area contributed by atoms with E-state index in [1.54, 1.807) is 0 Å². The zero-order valence-corrected chi connectivity index (χ0v) is 12.9. The molecule has 2 nitrogen and oxygen atoms in total. The summed E-state index contributed by atoms with van der Waals surface area (Å²) in [5.74, 6) is 6.38. The fraction of sp³-hybridized carbons (Fsp3) is 0.750. The van der Waals surface area contributed by atoms with Crippen LogP contribution in [0.25, 0.3) is 0 Å². The van der Waals surface area contributed by atoms with Gasteiger partial charge in [-0.2, -0.15) is 0 Å². The van der Waals surface area contributed by atoms with Crippen molar-refractivity contribution in [3.05, 3.63) is 24.3 Å². The second-order valence-corrected chi connectivity index (χ2v) is 8.86. The molecule has 6 aliphatic carbocycles. The highest BCUT2D eigenvalue weighted by Gasteiger charge is 2.62. The molecule has 0 aliphatic heterocycles. The van der Waals surface area contributed by atoms with Crippen molar-refractivity contribution in [1.29, 1.82) is 0 Å². The second kappa shape index (κ2) is 4.07. The van der Waals surface area contributed by atoms with Gasteiger partial charge in [-0.1, -0.05) is 24.3 Å². The van der Waals surface area contributed by atoms with Gasteiger partial charge in [0.25, 0.3) is 0 Å². The first kappa shape index (κ1) is 12.4. The fourth-order valence-electron chi connectivity index (χ4n) is 7.39. The lowest BCUT2D eigenvalue weighted by Crippen LogP contribution is -2.37. The first-order chi connectivity index (χ1) is 10.8. The lowest BCUT2D eigenvalue weighted by atomic mass is 9.69. The van der Waals surface area contributed by atoms with Crippen LogP contribution in [0.4, 0.5) is 0 Å². The summed E-state index contributed by atoms with van der Waals surface area (Å²) in [6.07, 6.45) is 15.8. The number of esters is 1. The van der Waals surface area contributed by atoms with Crippen molar-refractivity contribution in [2.75, 3.05) is 0 Å². The number of allylic oxidation sites excluding steroid dienone is 3. The number of rotatable bonds is 2. The van der Waals surface area contributed by atoms with Gasteiger partial charge in [-0.05, 0) is 73.5 Å². The largest absolute Gasteiger partial charge is 0.461 e. The van der Waals surface area contributed by atoms with E-state index in [9.17, 15) is 4.79 Å².